The molecule has 1 aliphatic heterocycles. The number of likely N-dealkylation sites (tertiary alicyclic amines) is 1. The summed E-state index contributed by atoms with van der Waals surface area (Å²) in [5.41, 5.74) is 5.78. The van der Waals surface area contributed by atoms with Crippen LogP contribution in [-0.2, 0) is 17.9 Å². The molecule has 2 aromatic carbocycles. The molecule has 0 aliphatic carbocycles. The normalized spacial score (nSPS) is 15.4. The zero-order chi connectivity index (χ0) is 21.0. The first-order chi connectivity index (χ1) is 15.3. The van der Waals surface area contributed by atoms with E-state index in [2.05, 4.69) is 45.5 Å². The van der Waals surface area contributed by atoms with Crippen LogP contribution in [0.1, 0.15) is 18.4 Å². The Labute approximate surface area is 185 Å². The second-order valence-corrected chi connectivity index (χ2v) is 8.71. The van der Waals surface area contributed by atoms with Gasteiger partial charge in [0.1, 0.15) is 12.2 Å². The van der Waals surface area contributed by atoms with Gasteiger partial charge in [0.05, 0.1) is 16.5 Å². The molecule has 0 spiro atoms. The first-order valence-corrected chi connectivity index (χ1v) is 11.6. The number of para-hydroxylation sites is 2. The standard InChI is InChI=1S/C24H25N5OS/c30-23(26-19-10-12-28(13-11-19)14-18-6-2-1-3-7-18)15-29-22-9-5-4-8-20(22)27-24(29)21-16-31-17-25-21/h1-9,16-17,19H,10-15H2,(H,26,30). The summed E-state index contributed by atoms with van der Waals surface area (Å²) in [5, 5.41) is 5.22. The number of imidazole rings is 1. The molecule has 1 fully saturated rings. The van der Waals surface area contributed by atoms with E-state index in [1.165, 1.54) is 16.9 Å². The summed E-state index contributed by atoms with van der Waals surface area (Å²) in [6.07, 6.45) is 1.95. The van der Waals surface area contributed by atoms with E-state index in [4.69, 9.17) is 4.98 Å². The van der Waals surface area contributed by atoms with E-state index in [9.17, 15) is 4.79 Å². The van der Waals surface area contributed by atoms with Crippen molar-refractivity contribution in [2.75, 3.05) is 13.1 Å². The van der Waals surface area contributed by atoms with E-state index in [1.54, 1.807) is 5.51 Å². The highest BCUT2D eigenvalue weighted by Gasteiger charge is 2.22. The molecular weight excluding hydrogens is 406 g/mol. The number of fused-ring (bicyclic) bond motifs is 1. The third kappa shape index (κ3) is 4.52. The molecule has 0 saturated carbocycles. The number of hydrogen-bond acceptors (Lipinski definition) is 5. The molecule has 0 unspecified atom stereocenters. The highest BCUT2D eigenvalue weighted by Crippen LogP contribution is 2.24. The maximum atomic E-state index is 12.9. The molecule has 31 heavy (non-hydrogen) atoms. The van der Waals surface area contributed by atoms with E-state index in [-0.39, 0.29) is 18.5 Å². The average Bonchev–Trinajstić information content (AvgIpc) is 3.44. The van der Waals surface area contributed by atoms with Crippen LogP contribution in [0.25, 0.3) is 22.6 Å². The molecule has 1 aliphatic rings. The Bertz CT molecular complexity index is 1150. The van der Waals surface area contributed by atoms with Crippen LogP contribution in [0.4, 0.5) is 0 Å². The molecule has 7 heteroatoms. The lowest BCUT2D eigenvalue weighted by molar-refractivity contribution is -0.122. The maximum Gasteiger partial charge on any atom is 0.240 e. The van der Waals surface area contributed by atoms with Gasteiger partial charge in [0, 0.05) is 31.1 Å². The van der Waals surface area contributed by atoms with Gasteiger partial charge < -0.3 is 9.88 Å². The number of nitrogens with one attached hydrogen (secondary N) is 1. The summed E-state index contributed by atoms with van der Waals surface area (Å²) in [6, 6.07) is 18.7. The number of amides is 1. The Kier molecular flexibility index (Phi) is 5.78. The van der Waals surface area contributed by atoms with Gasteiger partial charge in [0.25, 0.3) is 0 Å². The molecule has 1 saturated heterocycles. The van der Waals surface area contributed by atoms with Gasteiger partial charge in [-0.15, -0.1) is 11.3 Å². The van der Waals surface area contributed by atoms with Crippen molar-refractivity contribution in [3.63, 3.8) is 0 Å². The largest absolute Gasteiger partial charge is 0.352 e. The summed E-state index contributed by atoms with van der Waals surface area (Å²) < 4.78 is 1.98. The fourth-order valence-electron chi connectivity index (χ4n) is 4.25. The lowest BCUT2D eigenvalue weighted by Gasteiger charge is -2.32. The van der Waals surface area contributed by atoms with Crippen LogP contribution in [0.2, 0.25) is 0 Å². The van der Waals surface area contributed by atoms with E-state index >= 15 is 0 Å². The number of piperidine rings is 1. The summed E-state index contributed by atoms with van der Waals surface area (Å²) in [6.45, 7) is 3.22. The fraction of sp³-hybridized carbons (Fsp3) is 0.292. The zero-order valence-electron chi connectivity index (χ0n) is 17.3. The lowest BCUT2D eigenvalue weighted by Crippen LogP contribution is -2.45. The van der Waals surface area contributed by atoms with Gasteiger partial charge in [-0.05, 0) is 30.5 Å². The number of thiazole rings is 1. The monoisotopic (exact) mass is 431 g/mol. The van der Waals surface area contributed by atoms with E-state index < -0.39 is 0 Å². The summed E-state index contributed by atoms with van der Waals surface area (Å²) in [4.78, 5) is 24.5. The molecule has 4 aromatic rings. The minimum atomic E-state index is 0.0288. The summed E-state index contributed by atoms with van der Waals surface area (Å²) in [7, 11) is 0. The van der Waals surface area contributed by atoms with Crippen LogP contribution in [0.15, 0.2) is 65.5 Å². The van der Waals surface area contributed by atoms with Crippen LogP contribution in [-0.4, -0.2) is 44.5 Å². The van der Waals surface area contributed by atoms with Gasteiger partial charge in [-0.1, -0.05) is 42.5 Å². The smallest absolute Gasteiger partial charge is 0.240 e. The van der Waals surface area contributed by atoms with Crippen molar-refractivity contribution in [2.24, 2.45) is 0 Å². The number of aromatic nitrogens is 3. The predicted molar refractivity (Wildman–Crippen MR) is 124 cm³/mol. The quantitative estimate of drug-likeness (QED) is 0.502. The molecule has 1 N–H and O–H groups in total. The Morgan fingerprint density at radius 3 is 2.61 bits per heavy atom. The van der Waals surface area contributed by atoms with Gasteiger partial charge in [-0.25, -0.2) is 9.97 Å². The molecule has 2 aromatic heterocycles. The van der Waals surface area contributed by atoms with Gasteiger partial charge in [-0.3, -0.25) is 9.69 Å². The maximum absolute atomic E-state index is 12.9. The lowest BCUT2D eigenvalue weighted by atomic mass is 10.0. The third-order valence-corrected chi connectivity index (χ3v) is 6.41. The Morgan fingerprint density at radius 2 is 1.84 bits per heavy atom. The summed E-state index contributed by atoms with van der Waals surface area (Å²) in [5.74, 6) is 0.774. The minimum absolute atomic E-state index is 0.0288. The molecule has 0 bridgehead atoms. The first kappa shape index (κ1) is 19.9. The second kappa shape index (κ2) is 8.99. The van der Waals surface area contributed by atoms with Crippen molar-refractivity contribution in [2.45, 2.75) is 32.0 Å². The van der Waals surface area contributed by atoms with Crippen molar-refractivity contribution in [3.8, 4) is 11.5 Å². The Morgan fingerprint density at radius 1 is 1.06 bits per heavy atom. The number of rotatable bonds is 6. The van der Waals surface area contributed by atoms with Crippen molar-refractivity contribution in [1.29, 1.82) is 0 Å². The van der Waals surface area contributed by atoms with Crippen LogP contribution in [0.5, 0.6) is 0 Å². The molecule has 0 atom stereocenters. The van der Waals surface area contributed by atoms with Crippen molar-refractivity contribution >= 4 is 28.3 Å². The molecule has 5 rings (SSSR count). The molecule has 158 valence electrons. The number of nitrogens with zero attached hydrogens (tertiary/aromatic N) is 4. The minimum Gasteiger partial charge on any atom is -0.352 e. The Balaban J connectivity index is 1.23. The molecule has 1 amide bonds. The van der Waals surface area contributed by atoms with Gasteiger partial charge in [-0.2, -0.15) is 0 Å². The number of carbonyl (C=O) groups excluding carboxylic acids is 1. The fourth-order valence-corrected chi connectivity index (χ4v) is 4.78. The van der Waals surface area contributed by atoms with Gasteiger partial charge in [0.2, 0.25) is 5.91 Å². The third-order valence-electron chi connectivity index (χ3n) is 5.82. The van der Waals surface area contributed by atoms with E-state index in [1.807, 2.05) is 34.2 Å². The van der Waals surface area contributed by atoms with Crippen molar-refractivity contribution in [3.05, 3.63) is 71.1 Å². The van der Waals surface area contributed by atoms with E-state index in [0.29, 0.717) is 0 Å². The van der Waals surface area contributed by atoms with Gasteiger partial charge in [0.15, 0.2) is 5.82 Å². The van der Waals surface area contributed by atoms with Crippen molar-refractivity contribution < 1.29 is 4.79 Å². The topological polar surface area (TPSA) is 63.1 Å². The van der Waals surface area contributed by atoms with Crippen molar-refractivity contribution in [1.82, 2.24) is 24.8 Å². The zero-order valence-corrected chi connectivity index (χ0v) is 18.1. The molecule has 0 radical (unpaired) electrons. The molecule has 6 nitrogen and oxygen atoms in total. The van der Waals surface area contributed by atoms with Gasteiger partial charge >= 0.3 is 0 Å². The Hall–Kier alpha value is -3.03. The van der Waals surface area contributed by atoms with Crippen LogP contribution < -0.4 is 5.32 Å². The first-order valence-electron chi connectivity index (χ1n) is 10.7. The molecule has 3 heterocycles. The number of hydrogen-bond donors (Lipinski definition) is 1. The molecular formula is C24H25N5OS. The second-order valence-electron chi connectivity index (χ2n) is 7.99. The SMILES string of the molecule is O=C(Cn1c(-c2cscn2)nc2ccccc21)NC1CCN(Cc2ccccc2)CC1. The highest BCUT2D eigenvalue weighted by atomic mass is 32.1. The van der Waals surface area contributed by atoms with Crippen LogP contribution in [0, 0.1) is 0 Å². The number of benzene rings is 2. The average molecular weight is 432 g/mol. The van der Waals surface area contributed by atoms with Crippen LogP contribution in [0.3, 0.4) is 0 Å². The van der Waals surface area contributed by atoms with Crippen LogP contribution >= 0.6 is 11.3 Å². The predicted octanol–water partition coefficient (Wildman–Crippen LogP) is 3.94. The number of carbonyl (C=O) groups is 1. The van der Waals surface area contributed by atoms with E-state index in [0.717, 1.165) is 55.0 Å². The highest BCUT2D eigenvalue weighted by molar-refractivity contribution is 7.07. The summed E-state index contributed by atoms with van der Waals surface area (Å²) >= 11 is 1.53.